The number of nitrogens with one attached hydrogen (secondary N) is 2. The van der Waals surface area contributed by atoms with Crippen molar-refractivity contribution in [3.8, 4) is 0 Å². The standard InChI is InChI=1S/C29H48N4O5/c1-7-9-11-19-31-26(35)25(22-15-13-21(3)14-16-22)33(20-12-10-8-2)27(36)23(17-18-24(30)34)32-28(37)38-29(4,5)6/h13-16,23,25H,7-12,17-20H2,1-6H3,(H2,30,34)(H,31,35)(H,32,37). The number of hydrogen-bond donors (Lipinski definition) is 3. The topological polar surface area (TPSA) is 131 Å². The lowest BCUT2D eigenvalue weighted by molar-refractivity contribution is -0.142. The van der Waals surface area contributed by atoms with Crippen molar-refractivity contribution in [3.63, 3.8) is 0 Å². The normalized spacial score (nSPS) is 12.8. The molecule has 0 spiro atoms. The monoisotopic (exact) mass is 532 g/mol. The van der Waals surface area contributed by atoms with Gasteiger partial charge in [-0.1, -0.05) is 69.4 Å². The van der Waals surface area contributed by atoms with Gasteiger partial charge in [0.15, 0.2) is 0 Å². The molecule has 0 aromatic heterocycles. The molecule has 0 aliphatic rings. The minimum Gasteiger partial charge on any atom is -0.444 e. The zero-order valence-electron chi connectivity index (χ0n) is 24.1. The molecule has 0 heterocycles. The van der Waals surface area contributed by atoms with E-state index >= 15 is 0 Å². The second-order valence-electron chi connectivity index (χ2n) is 10.8. The quantitative estimate of drug-likeness (QED) is 0.269. The van der Waals surface area contributed by atoms with Crippen molar-refractivity contribution in [3.05, 3.63) is 35.4 Å². The smallest absolute Gasteiger partial charge is 0.408 e. The molecular formula is C29H48N4O5. The van der Waals surface area contributed by atoms with E-state index in [1.807, 2.05) is 31.2 Å². The molecule has 4 N–H and O–H groups in total. The summed E-state index contributed by atoms with van der Waals surface area (Å²) in [5, 5.41) is 5.62. The highest BCUT2D eigenvalue weighted by Crippen LogP contribution is 2.25. The first-order valence-electron chi connectivity index (χ1n) is 13.8. The second-order valence-corrected chi connectivity index (χ2v) is 10.8. The first-order chi connectivity index (χ1) is 17.9. The summed E-state index contributed by atoms with van der Waals surface area (Å²) in [7, 11) is 0. The average Bonchev–Trinajstić information content (AvgIpc) is 2.83. The minimum atomic E-state index is -1.08. The van der Waals surface area contributed by atoms with E-state index in [0.717, 1.165) is 37.7 Å². The number of carbonyl (C=O) groups is 4. The Bertz CT molecular complexity index is 895. The Hall–Kier alpha value is -3.10. The van der Waals surface area contributed by atoms with Crippen LogP contribution in [0.4, 0.5) is 4.79 Å². The van der Waals surface area contributed by atoms with Gasteiger partial charge in [0.2, 0.25) is 17.7 Å². The van der Waals surface area contributed by atoms with Gasteiger partial charge in [-0.05, 0) is 52.5 Å². The van der Waals surface area contributed by atoms with Crippen LogP contribution in [0.1, 0.15) is 103 Å². The molecule has 2 atom stereocenters. The molecule has 0 saturated heterocycles. The predicted molar refractivity (Wildman–Crippen MR) is 149 cm³/mol. The van der Waals surface area contributed by atoms with Crippen molar-refractivity contribution in [1.82, 2.24) is 15.5 Å². The molecular weight excluding hydrogens is 484 g/mol. The van der Waals surface area contributed by atoms with Gasteiger partial charge in [-0.3, -0.25) is 14.4 Å². The maximum atomic E-state index is 14.0. The van der Waals surface area contributed by atoms with Crippen molar-refractivity contribution in [1.29, 1.82) is 0 Å². The Labute approximate surface area is 228 Å². The molecule has 0 fully saturated rings. The Morgan fingerprint density at radius 1 is 0.974 bits per heavy atom. The number of hydrogen-bond acceptors (Lipinski definition) is 5. The highest BCUT2D eigenvalue weighted by Gasteiger charge is 2.36. The maximum absolute atomic E-state index is 14.0. The first-order valence-corrected chi connectivity index (χ1v) is 13.8. The number of alkyl carbamates (subject to hydrolysis) is 1. The number of carbonyl (C=O) groups excluding carboxylic acids is 4. The summed E-state index contributed by atoms with van der Waals surface area (Å²) in [5.74, 6) is -1.32. The fraction of sp³-hybridized carbons (Fsp3) is 0.655. The van der Waals surface area contributed by atoms with E-state index in [4.69, 9.17) is 10.5 Å². The lowest BCUT2D eigenvalue weighted by atomic mass is 10.00. The number of unbranched alkanes of at least 4 members (excludes halogenated alkanes) is 4. The van der Waals surface area contributed by atoms with E-state index in [2.05, 4.69) is 24.5 Å². The fourth-order valence-corrected chi connectivity index (χ4v) is 4.00. The average molecular weight is 533 g/mol. The van der Waals surface area contributed by atoms with Crippen LogP contribution in [0.3, 0.4) is 0 Å². The van der Waals surface area contributed by atoms with Gasteiger partial charge in [0, 0.05) is 19.5 Å². The number of nitrogens with zero attached hydrogens (tertiary/aromatic N) is 1. The van der Waals surface area contributed by atoms with Crippen LogP contribution in [0.25, 0.3) is 0 Å². The lowest BCUT2D eigenvalue weighted by Crippen LogP contribution is -2.53. The Morgan fingerprint density at radius 2 is 1.58 bits per heavy atom. The zero-order chi connectivity index (χ0) is 28.7. The van der Waals surface area contributed by atoms with Gasteiger partial charge in [0.25, 0.3) is 0 Å². The summed E-state index contributed by atoms with van der Waals surface area (Å²) in [5.41, 5.74) is 6.31. The van der Waals surface area contributed by atoms with E-state index in [-0.39, 0.29) is 18.7 Å². The summed E-state index contributed by atoms with van der Waals surface area (Å²) < 4.78 is 5.37. The van der Waals surface area contributed by atoms with E-state index < -0.39 is 35.6 Å². The molecule has 0 aliphatic carbocycles. The molecule has 1 rings (SSSR count). The van der Waals surface area contributed by atoms with Crippen molar-refractivity contribution in [2.75, 3.05) is 13.1 Å². The van der Waals surface area contributed by atoms with Crippen LogP contribution >= 0.6 is 0 Å². The van der Waals surface area contributed by atoms with Gasteiger partial charge in [0.05, 0.1) is 0 Å². The number of primary amides is 1. The first kappa shape index (κ1) is 32.9. The van der Waals surface area contributed by atoms with Crippen molar-refractivity contribution >= 4 is 23.8 Å². The van der Waals surface area contributed by atoms with E-state index in [1.165, 1.54) is 4.90 Å². The van der Waals surface area contributed by atoms with Gasteiger partial charge in [-0.15, -0.1) is 0 Å². The molecule has 1 aromatic rings. The molecule has 214 valence electrons. The highest BCUT2D eigenvalue weighted by atomic mass is 16.6. The van der Waals surface area contributed by atoms with Crippen LogP contribution in [-0.4, -0.2) is 53.4 Å². The Balaban J connectivity index is 3.42. The molecule has 9 heteroatoms. The van der Waals surface area contributed by atoms with E-state index in [0.29, 0.717) is 25.1 Å². The van der Waals surface area contributed by atoms with Crippen LogP contribution in [0, 0.1) is 6.92 Å². The minimum absolute atomic E-state index is 0.00355. The van der Waals surface area contributed by atoms with Gasteiger partial charge in [0.1, 0.15) is 17.7 Å². The largest absolute Gasteiger partial charge is 0.444 e. The molecule has 0 bridgehead atoms. The van der Waals surface area contributed by atoms with Gasteiger partial charge in [-0.2, -0.15) is 0 Å². The summed E-state index contributed by atoms with van der Waals surface area (Å²) in [6, 6.07) is 5.55. The maximum Gasteiger partial charge on any atom is 0.408 e. The Kier molecular flexibility index (Phi) is 14.5. The molecule has 0 radical (unpaired) electrons. The Morgan fingerprint density at radius 3 is 2.13 bits per heavy atom. The van der Waals surface area contributed by atoms with Gasteiger partial charge in [-0.25, -0.2) is 4.79 Å². The summed E-state index contributed by atoms with van der Waals surface area (Å²) in [6.07, 6.45) is 4.46. The van der Waals surface area contributed by atoms with E-state index in [1.54, 1.807) is 20.8 Å². The van der Waals surface area contributed by atoms with Crippen LogP contribution in [-0.2, 0) is 19.1 Å². The lowest BCUT2D eigenvalue weighted by Gasteiger charge is -2.34. The number of aryl methyl sites for hydroxylation is 1. The predicted octanol–water partition coefficient (Wildman–Crippen LogP) is 4.52. The van der Waals surface area contributed by atoms with E-state index in [9.17, 15) is 19.2 Å². The summed E-state index contributed by atoms with van der Waals surface area (Å²) >= 11 is 0. The number of nitrogens with two attached hydrogens (primary N) is 1. The summed E-state index contributed by atoms with van der Waals surface area (Å²) in [4.78, 5) is 53.3. The molecule has 4 amide bonds. The van der Waals surface area contributed by atoms with Gasteiger partial charge < -0.3 is 26.0 Å². The number of benzene rings is 1. The van der Waals surface area contributed by atoms with Crippen LogP contribution in [0.5, 0.6) is 0 Å². The zero-order valence-corrected chi connectivity index (χ0v) is 24.1. The third-order valence-electron chi connectivity index (χ3n) is 5.99. The van der Waals surface area contributed by atoms with Crippen molar-refractivity contribution in [2.24, 2.45) is 5.73 Å². The third-order valence-corrected chi connectivity index (χ3v) is 5.99. The molecule has 38 heavy (non-hydrogen) atoms. The molecule has 2 unspecified atom stereocenters. The SMILES string of the molecule is CCCCCNC(=O)C(c1ccc(C)cc1)N(CCCCC)C(=O)C(CCC(N)=O)NC(=O)OC(C)(C)C. The van der Waals surface area contributed by atoms with Gasteiger partial charge >= 0.3 is 6.09 Å². The van der Waals surface area contributed by atoms with Crippen molar-refractivity contribution in [2.45, 2.75) is 111 Å². The molecule has 0 aliphatic heterocycles. The molecule has 9 nitrogen and oxygen atoms in total. The number of amides is 4. The number of rotatable bonds is 16. The fourth-order valence-electron chi connectivity index (χ4n) is 4.00. The second kappa shape index (κ2) is 16.7. The molecule has 1 aromatic carbocycles. The number of ether oxygens (including phenoxy) is 1. The third kappa shape index (κ3) is 12.4. The molecule has 0 saturated carbocycles. The van der Waals surface area contributed by atoms with Crippen LogP contribution in [0.15, 0.2) is 24.3 Å². The van der Waals surface area contributed by atoms with Crippen LogP contribution < -0.4 is 16.4 Å². The van der Waals surface area contributed by atoms with Crippen molar-refractivity contribution < 1.29 is 23.9 Å². The van der Waals surface area contributed by atoms with Crippen LogP contribution in [0.2, 0.25) is 0 Å². The summed E-state index contributed by atoms with van der Waals surface area (Å²) in [6.45, 7) is 12.1. The highest BCUT2D eigenvalue weighted by molar-refractivity contribution is 5.92.